The first-order chi connectivity index (χ1) is 6.66. The Balaban J connectivity index is 2.36. The summed E-state index contributed by atoms with van der Waals surface area (Å²) in [6.45, 7) is 1.58. The van der Waals surface area contributed by atoms with Crippen molar-refractivity contribution in [2.45, 2.75) is 24.8 Å². The van der Waals surface area contributed by atoms with E-state index in [1.165, 1.54) is 0 Å². The fraction of sp³-hybridized carbons (Fsp3) is 0.364. The first-order valence-electron chi connectivity index (χ1n) is 4.61. The summed E-state index contributed by atoms with van der Waals surface area (Å²) in [6, 6.07) is 5.61. The van der Waals surface area contributed by atoms with Gasteiger partial charge in [0, 0.05) is 5.56 Å². The van der Waals surface area contributed by atoms with Gasteiger partial charge in [0.05, 0.1) is 0 Å². The van der Waals surface area contributed by atoms with Crippen LogP contribution in [0.5, 0.6) is 5.75 Å². The van der Waals surface area contributed by atoms with Crippen LogP contribution >= 0.6 is 15.9 Å². The third-order valence-electron chi connectivity index (χ3n) is 2.36. The van der Waals surface area contributed by atoms with Crippen LogP contribution in [0.15, 0.2) is 18.2 Å². The number of halogens is 1. The number of benzene rings is 1. The molecule has 1 aliphatic rings. The van der Waals surface area contributed by atoms with Crippen LogP contribution in [0.3, 0.4) is 0 Å². The van der Waals surface area contributed by atoms with Crippen molar-refractivity contribution in [3.63, 3.8) is 0 Å². The Labute approximate surface area is 91.4 Å². The number of carbonyl (C=O) groups excluding carboxylic acids is 1. The predicted octanol–water partition coefficient (Wildman–Crippen LogP) is 2.94. The number of aryl methyl sites for hydroxylation is 1. The number of hydrogen-bond acceptors (Lipinski definition) is 2. The zero-order valence-corrected chi connectivity index (χ0v) is 9.50. The van der Waals surface area contributed by atoms with E-state index in [-0.39, 0.29) is 10.8 Å². The molecule has 1 aliphatic heterocycles. The second kappa shape index (κ2) is 3.73. The van der Waals surface area contributed by atoms with Gasteiger partial charge in [0.2, 0.25) is 0 Å². The van der Waals surface area contributed by atoms with Crippen molar-refractivity contribution < 1.29 is 9.53 Å². The van der Waals surface area contributed by atoms with Crippen LogP contribution < -0.4 is 4.74 Å². The van der Waals surface area contributed by atoms with E-state index in [9.17, 15) is 4.79 Å². The zero-order valence-electron chi connectivity index (χ0n) is 7.92. The van der Waals surface area contributed by atoms with Crippen molar-refractivity contribution in [3.05, 3.63) is 29.3 Å². The van der Waals surface area contributed by atoms with Crippen LogP contribution in [-0.4, -0.2) is 10.8 Å². The third-order valence-corrected chi connectivity index (χ3v) is 3.01. The molecule has 1 aromatic rings. The van der Waals surface area contributed by atoms with E-state index in [1.807, 2.05) is 18.2 Å². The number of alkyl halides is 1. The Morgan fingerprint density at radius 1 is 1.57 bits per heavy atom. The van der Waals surface area contributed by atoms with Crippen molar-refractivity contribution in [2.75, 3.05) is 0 Å². The molecule has 3 heteroatoms. The summed E-state index contributed by atoms with van der Waals surface area (Å²) in [5, 5.41) is 0.109. The van der Waals surface area contributed by atoms with E-state index in [0.29, 0.717) is 0 Å². The monoisotopic (exact) mass is 254 g/mol. The Morgan fingerprint density at radius 2 is 2.36 bits per heavy atom. The molecule has 74 valence electrons. The highest BCUT2D eigenvalue weighted by atomic mass is 79.9. The molecule has 0 aliphatic carbocycles. The minimum atomic E-state index is 0.105. The molecular formula is C11H11BrO2. The third kappa shape index (κ3) is 1.82. The fourth-order valence-electron chi connectivity index (χ4n) is 1.57. The molecule has 1 aromatic carbocycles. The number of Topliss-reactive ketones (excluding diaryl/α,β-unsaturated/α-hetero) is 1. The van der Waals surface area contributed by atoms with Gasteiger partial charge >= 0.3 is 0 Å². The van der Waals surface area contributed by atoms with Gasteiger partial charge in [0.1, 0.15) is 5.75 Å². The maximum Gasteiger partial charge on any atom is 0.159 e. The molecule has 2 rings (SSSR count). The first kappa shape index (κ1) is 9.71. The number of hydrogen-bond donors (Lipinski definition) is 0. The van der Waals surface area contributed by atoms with Crippen LogP contribution in [0, 0.1) is 0 Å². The molecule has 1 atom stereocenters. The molecule has 14 heavy (non-hydrogen) atoms. The van der Waals surface area contributed by atoms with E-state index >= 15 is 0 Å². The van der Waals surface area contributed by atoms with Gasteiger partial charge in [-0.05, 0) is 59.5 Å². The van der Waals surface area contributed by atoms with Crippen LogP contribution in [0.4, 0.5) is 0 Å². The highest BCUT2D eigenvalue weighted by Crippen LogP contribution is 2.30. The molecule has 0 radical (unpaired) electrons. The number of ether oxygens (including phenoxy) is 1. The molecular weight excluding hydrogens is 244 g/mol. The molecule has 0 amide bonds. The summed E-state index contributed by atoms with van der Waals surface area (Å²) in [6.07, 6.45) is 1.92. The molecule has 2 nitrogen and oxygen atoms in total. The van der Waals surface area contributed by atoms with Crippen molar-refractivity contribution in [1.82, 2.24) is 0 Å². The largest absolute Gasteiger partial charge is 0.479 e. The highest BCUT2D eigenvalue weighted by molar-refractivity contribution is 9.09. The molecule has 0 saturated carbocycles. The summed E-state index contributed by atoms with van der Waals surface area (Å²) >= 11 is 3.42. The van der Waals surface area contributed by atoms with Gasteiger partial charge in [-0.15, -0.1) is 0 Å². The molecule has 0 bridgehead atoms. The number of ketones is 1. The molecule has 0 aromatic heterocycles. The smallest absolute Gasteiger partial charge is 0.159 e. The van der Waals surface area contributed by atoms with Gasteiger partial charge in [-0.3, -0.25) is 4.79 Å². The van der Waals surface area contributed by atoms with Crippen LogP contribution in [0.2, 0.25) is 0 Å². The van der Waals surface area contributed by atoms with Gasteiger partial charge in [0.25, 0.3) is 0 Å². The fourth-order valence-corrected chi connectivity index (χ4v) is 2.00. The van der Waals surface area contributed by atoms with Crippen LogP contribution in [0.25, 0.3) is 0 Å². The van der Waals surface area contributed by atoms with Gasteiger partial charge in [-0.2, -0.15) is 0 Å². The summed E-state index contributed by atoms with van der Waals surface area (Å²) in [5.74, 6) is 0.997. The van der Waals surface area contributed by atoms with Crippen molar-refractivity contribution in [3.8, 4) is 5.75 Å². The zero-order chi connectivity index (χ0) is 10.1. The molecule has 1 unspecified atom stereocenters. The van der Waals surface area contributed by atoms with Crippen molar-refractivity contribution >= 4 is 21.7 Å². The maximum absolute atomic E-state index is 11.1. The maximum atomic E-state index is 11.1. The van der Waals surface area contributed by atoms with Crippen LogP contribution in [-0.2, 0) is 6.42 Å². The van der Waals surface area contributed by atoms with Crippen molar-refractivity contribution in [2.24, 2.45) is 0 Å². The predicted molar refractivity (Wildman–Crippen MR) is 58.1 cm³/mol. The SMILES string of the molecule is CC(=O)c1ccc2c(c1)CCC(Br)O2. The summed E-state index contributed by atoms with van der Waals surface area (Å²) in [7, 11) is 0. The van der Waals surface area contributed by atoms with E-state index in [4.69, 9.17) is 4.74 Å². The molecule has 0 saturated heterocycles. The van der Waals surface area contributed by atoms with E-state index in [2.05, 4.69) is 15.9 Å². The second-order valence-electron chi connectivity index (χ2n) is 3.45. The Kier molecular flexibility index (Phi) is 2.59. The standard InChI is InChI=1S/C11H11BrO2/c1-7(13)8-2-4-10-9(6-8)3-5-11(12)14-10/h2,4,6,11H,3,5H2,1H3. The topological polar surface area (TPSA) is 26.3 Å². The Hall–Kier alpha value is -0.830. The van der Waals surface area contributed by atoms with Gasteiger partial charge in [0.15, 0.2) is 10.8 Å². The summed E-state index contributed by atoms with van der Waals surface area (Å²) in [4.78, 5) is 11.1. The summed E-state index contributed by atoms with van der Waals surface area (Å²) < 4.78 is 5.57. The van der Waals surface area contributed by atoms with Gasteiger partial charge in [-0.25, -0.2) is 0 Å². The quantitative estimate of drug-likeness (QED) is 0.569. The van der Waals surface area contributed by atoms with Gasteiger partial charge < -0.3 is 4.74 Å². The van der Waals surface area contributed by atoms with E-state index < -0.39 is 0 Å². The van der Waals surface area contributed by atoms with E-state index in [0.717, 1.165) is 29.7 Å². The summed E-state index contributed by atoms with van der Waals surface area (Å²) in [5.41, 5.74) is 1.90. The normalized spacial score (nSPS) is 19.7. The number of rotatable bonds is 1. The van der Waals surface area contributed by atoms with Crippen LogP contribution in [0.1, 0.15) is 29.3 Å². The Bertz CT molecular complexity index is 374. The lowest BCUT2D eigenvalue weighted by Gasteiger charge is -2.22. The molecule has 0 spiro atoms. The molecule has 0 N–H and O–H groups in total. The lowest BCUT2D eigenvalue weighted by Crippen LogP contribution is -2.16. The average molecular weight is 255 g/mol. The van der Waals surface area contributed by atoms with E-state index in [1.54, 1.807) is 6.92 Å². The minimum Gasteiger partial charge on any atom is -0.479 e. The average Bonchev–Trinajstić information content (AvgIpc) is 2.16. The van der Waals surface area contributed by atoms with Crippen molar-refractivity contribution in [1.29, 1.82) is 0 Å². The highest BCUT2D eigenvalue weighted by Gasteiger charge is 2.17. The second-order valence-corrected chi connectivity index (χ2v) is 4.47. The number of carbonyl (C=O) groups is 1. The lowest BCUT2D eigenvalue weighted by molar-refractivity contribution is 0.101. The molecule has 0 fully saturated rings. The lowest BCUT2D eigenvalue weighted by atomic mass is 10.0. The Morgan fingerprint density at radius 3 is 3.07 bits per heavy atom. The number of fused-ring (bicyclic) bond motifs is 1. The van der Waals surface area contributed by atoms with Gasteiger partial charge in [-0.1, -0.05) is 0 Å². The molecule has 1 heterocycles. The minimum absolute atomic E-state index is 0.105. The first-order valence-corrected chi connectivity index (χ1v) is 5.53.